The first-order valence-electron chi connectivity index (χ1n) is 8.08. The molecule has 148 valence electrons. The van der Waals surface area contributed by atoms with Crippen LogP contribution in [-0.4, -0.2) is 32.2 Å². The summed E-state index contributed by atoms with van der Waals surface area (Å²) >= 11 is 0. The van der Waals surface area contributed by atoms with Crippen molar-refractivity contribution in [1.82, 2.24) is 4.31 Å². The van der Waals surface area contributed by atoms with Gasteiger partial charge < -0.3 is 11.1 Å². The molecule has 0 saturated carbocycles. The van der Waals surface area contributed by atoms with E-state index in [1.807, 2.05) is 13.0 Å². The third-order valence-electron chi connectivity index (χ3n) is 3.93. The summed E-state index contributed by atoms with van der Waals surface area (Å²) < 4.78 is 38.9. The van der Waals surface area contributed by atoms with Gasteiger partial charge in [-0.25, -0.2) is 17.1 Å². The van der Waals surface area contributed by atoms with Crippen molar-refractivity contribution in [1.29, 1.82) is 0 Å². The minimum atomic E-state index is -3.71. The van der Waals surface area contributed by atoms with Crippen LogP contribution in [0.2, 0.25) is 0 Å². The van der Waals surface area contributed by atoms with Gasteiger partial charge in [0.15, 0.2) is 0 Å². The van der Waals surface area contributed by atoms with E-state index in [2.05, 4.69) is 5.32 Å². The van der Waals surface area contributed by atoms with Crippen molar-refractivity contribution in [3.63, 3.8) is 0 Å². The number of halogens is 2. The fraction of sp³-hybridized carbons (Fsp3) is 0.278. The third-order valence-corrected chi connectivity index (χ3v) is 5.81. The summed E-state index contributed by atoms with van der Waals surface area (Å²) in [4.78, 5) is 12.1. The number of nitrogens with two attached hydrogens (primary N) is 1. The van der Waals surface area contributed by atoms with Gasteiger partial charge in [0.1, 0.15) is 5.82 Å². The van der Waals surface area contributed by atoms with E-state index in [9.17, 15) is 17.6 Å². The zero-order valence-electron chi connectivity index (χ0n) is 15.1. The molecule has 9 heteroatoms. The van der Waals surface area contributed by atoms with Crippen molar-refractivity contribution in [2.24, 2.45) is 0 Å². The first-order valence-corrected chi connectivity index (χ1v) is 9.52. The number of aryl methyl sites for hydroxylation is 1. The average molecular weight is 416 g/mol. The lowest BCUT2D eigenvalue weighted by molar-refractivity contribution is -0.116. The van der Waals surface area contributed by atoms with E-state index < -0.39 is 15.8 Å². The van der Waals surface area contributed by atoms with E-state index in [-0.39, 0.29) is 36.2 Å². The fourth-order valence-electron chi connectivity index (χ4n) is 2.36. The molecule has 0 aliphatic heterocycles. The molecule has 3 N–H and O–H groups in total. The molecule has 0 aromatic heterocycles. The van der Waals surface area contributed by atoms with Crippen LogP contribution in [0.15, 0.2) is 47.4 Å². The maximum Gasteiger partial charge on any atom is 0.242 e. The van der Waals surface area contributed by atoms with Crippen molar-refractivity contribution in [3.05, 3.63) is 53.8 Å². The standard InChI is InChI=1S/C18H22FN3O3S.ClH/c1-13-5-8-15(20)12-17(13)21-18(23)4-3-11-22(2)26(24,25)16-9-6-14(19)7-10-16;/h5-10,12H,3-4,11,20H2,1-2H3,(H,21,23);1H. The van der Waals surface area contributed by atoms with E-state index in [4.69, 9.17) is 5.73 Å². The molecule has 0 spiro atoms. The van der Waals surface area contributed by atoms with Gasteiger partial charge in [-0.3, -0.25) is 4.79 Å². The molecule has 0 aliphatic carbocycles. The number of benzene rings is 2. The van der Waals surface area contributed by atoms with Gasteiger partial charge in [0.25, 0.3) is 0 Å². The van der Waals surface area contributed by atoms with Gasteiger partial charge in [-0.15, -0.1) is 12.4 Å². The lowest BCUT2D eigenvalue weighted by Crippen LogP contribution is -2.28. The molecule has 1 amide bonds. The van der Waals surface area contributed by atoms with E-state index in [1.165, 1.54) is 19.2 Å². The second-order valence-corrected chi connectivity index (χ2v) is 8.05. The van der Waals surface area contributed by atoms with Crippen molar-refractivity contribution >= 4 is 39.7 Å². The predicted molar refractivity (Wildman–Crippen MR) is 107 cm³/mol. The minimum Gasteiger partial charge on any atom is -0.399 e. The number of nitrogens with one attached hydrogen (secondary N) is 1. The van der Waals surface area contributed by atoms with E-state index >= 15 is 0 Å². The van der Waals surface area contributed by atoms with Crippen LogP contribution in [0.1, 0.15) is 18.4 Å². The molecule has 2 rings (SSSR count). The molecule has 0 radical (unpaired) electrons. The van der Waals surface area contributed by atoms with Gasteiger partial charge in [-0.05, 0) is 55.3 Å². The number of hydrogen-bond acceptors (Lipinski definition) is 4. The number of anilines is 2. The lowest BCUT2D eigenvalue weighted by Gasteiger charge is -2.17. The highest BCUT2D eigenvalue weighted by atomic mass is 35.5. The average Bonchev–Trinajstić information content (AvgIpc) is 2.58. The Labute approximate surface area is 165 Å². The number of hydrogen-bond donors (Lipinski definition) is 2. The molecule has 2 aromatic rings. The van der Waals surface area contributed by atoms with E-state index in [1.54, 1.807) is 12.1 Å². The van der Waals surface area contributed by atoms with Crippen LogP contribution in [0.25, 0.3) is 0 Å². The second kappa shape index (κ2) is 9.68. The van der Waals surface area contributed by atoms with Crippen molar-refractivity contribution in [3.8, 4) is 0 Å². The molecular weight excluding hydrogens is 393 g/mol. The van der Waals surface area contributed by atoms with Crippen LogP contribution in [0.3, 0.4) is 0 Å². The fourth-order valence-corrected chi connectivity index (χ4v) is 3.57. The van der Waals surface area contributed by atoms with Gasteiger partial charge in [-0.2, -0.15) is 0 Å². The Kier molecular flexibility index (Phi) is 8.20. The van der Waals surface area contributed by atoms with Gasteiger partial charge in [0.2, 0.25) is 15.9 Å². The van der Waals surface area contributed by atoms with Gasteiger partial charge in [-0.1, -0.05) is 6.07 Å². The van der Waals surface area contributed by atoms with Crippen molar-refractivity contribution in [2.75, 3.05) is 24.6 Å². The predicted octanol–water partition coefficient (Wildman–Crippen LogP) is 3.18. The Morgan fingerprint density at radius 3 is 2.44 bits per heavy atom. The molecule has 6 nitrogen and oxygen atoms in total. The van der Waals surface area contributed by atoms with Crippen molar-refractivity contribution < 1.29 is 17.6 Å². The second-order valence-electron chi connectivity index (χ2n) is 6.01. The summed E-state index contributed by atoms with van der Waals surface area (Å²) in [5.41, 5.74) is 7.79. The third kappa shape index (κ3) is 6.20. The Hall–Kier alpha value is -2.16. The normalized spacial score (nSPS) is 11.1. The lowest BCUT2D eigenvalue weighted by atomic mass is 10.1. The van der Waals surface area contributed by atoms with Gasteiger partial charge in [0, 0.05) is 31.4 Å². The number of rotatable bonds is 7. The molecule has 0 heterocycles. The summed E-state index contributed by atoms with van der Waals surface area (Å²) in [6, 6.07) is 9.88. The maximum atomic E-state index is 12.9. The molecule has 2 aromatic carbocycles. The Morgan fingerprint density at radius 2 is 1.81 bits per heavy atom. The number of amides is 1. The quantitative estimate of drug-likeness (QED) is 0.679. The number of nitrogens with zero attached hydrogens (tertiary/aromatic N) is 1. The highest BCUT2D eigenvalue weighted by Gasteiger charge is 2.20. The number of sulfonamides is 1. The van der Waals surface area contributed by atoms with Crippen LogP contribution in [0, 0.1) is 12.7 Å². The number of nitrogen functional groups attached to an aromatic ring is 1. The molecule has 0 bridgehead atoms. The summed E-state index contributed by atoms with van der Waals surface area (Å²) in [6.07, 6.45) is 0.516. The summed E-state index contributed by atoms with van der Waals surface area (Å²) in [7, 11) is -2.28. The first kappa shape index (κ1) is 22.9. The Bertz CT molecular complexity index is 889. The smallest absolute Gasteiger partial charge is 0.242 e. The highest BCUT2D eigenvalue weighted by molar-refractivity contribution is 7.89. The highest BCUT2D eigenvalue weighted by Crippen LogP contribution is 2.19. The summed E-state index contributed by atoms with van der Waals surface area (Å²) in [5, 5.41) is 2.77. The Morgan fingerprint density at radius 1 is 1.19 bits per heavy atom. The molecule has 0 aliphatic rings. The maximum absolute atomic E-state index is 12.9. The van der Waals surface area contributed by atoms with Crippen LogP contribution >= 0.6 is 12.4 Å². The van der Waals surface area contributed by atoms with Crippen molar-refractivity contribution in [2.45, 2.75) is 24.7 Å². The molecule has 27 heavy (non-hydrogen) atoms. The molecule has 0 atom stereocenters. The van der Waals surface area contributed by atoms with Crippen LogP contribution in [0.4, 0.5) is 15.8 Å². The summed E-state index contributed by atoms with van der Waals surface area (Å²) in [6.45, 7) is 2.03. The van der Waals surface area contributed by atoms with Gasteiger partial charge >= 0.3 is 0 Å². The van der Waals surface area contributed by atoms with E-state index in [0.717, 1.165) is 22.0 Å². The molecule has 0 saturated heterocycles. The van der Waals surface area contributed by atoms with E-state index in [0.29, 0.717) is 17.8 Å². The zero-order chi connectivity index (χ0) is 19.3. The van der Waals surface area contributed by atoms with Crippen LogP contribution < -0.4 is 11.1 Å². The zero-order valence-corrected chi connectivity index (χ0v) is 16.7. The molecule has 0 fully saturated rings. The van der Waals surface area contributed by atoms with Gasteiger partial charge in [0.05, 0.1) is 4.90 Å². The van der Waals surface area contributed by atoms with Crippen LogP contribution in [0.5, 0.6) is 0 Å². The minimum absolute atomic E-state index is 0. The Balaban J connectivity index is 0.00000364. The first-order chi connectivity index (χ1) is 12.2. The number of carbonyl (C=O) groups is 1. The molecular formula is C18H23ClFN3O3S. The SMILES string of the molecule is Cc1ccc(N)cc1NC(=O)CCCN(C)S(=O)(=O)c1ccc(F)cc1.Cl. The topological polar surface area (TPSA) is 92.5 Å². The summed E-state index contributed by atoms with van der Waals surface area (Å²) in [5.74, 6) is -0.716. The van der Waals surface area contributed by atoms with Crippen LogP contribution in [-0.2, 0) is 14.8 Å². The largest absolute Gasteiger partial charge is 0.399 e. The monoisotopic (exact) mass is 415 g/mol. The molecule has 0 unspecified atom stereocenters. The number of carbonyl (C=O) groups excluding carboxylic acids is 1.